The molecule has 10 heteroatoms. The van der Waals surface area contributed by atoms with Crippen molar-refractivity contribution in [2.75, 3.05) is 19.6 Å². The molecule has 1 heterocycles. The van der Waals surface area contributed by atoms with E-state index in [-0.39, 0.29) is 24.4 Å². The third kappa shape index (κ3) is 6.74. The summed E-state index contributed by atoms with van der Waals surface area (Å²) in [4.78, 5) is 0. The summed E-state index contributed by atoms with van der Waals surface area (Å²) in [5.74, 6) is 0.0960. The first kappa shape index (κ1) is 17.9. The zero-order valence-electron chi connectivity index (χ0n) is 9.75. The van der Waals surface area contributed by atoms with Crippen LogP contribution in [0.3, 0.4) is 0 Å². The second kappa shape index (κ2) is 6.90. The Bertz CT molecular complexity index is 350. The Morgan fingerprint density at radius 3 is 2.50 bits per heavy atom. The molecule has 1 aliphatic heterocycles. The fourth-order valence-corrected chi connectivity index (χ4v) is 2.72. The van der Waals surface area contributed by atoms with Gasteiger partial charge in [0.15, 0.2) is 0 Å². The molecule has 1 aliphatic rings. The first-order valence-electron chi connectivity index (χ1n) is 5.24. The van der Waals surface area contributed by atoms with E-state index >= 15 is 0 Å². The van der Waals surface area contributed by atoms with Crippen LogP contribution in [0.4, 0.5) is 13.2 Å². The van der Waals surface area contributed by atoms with Crippen molar-refractivity contribution in [1.29, 1.82) is 0 Å². The van der Waals surface area contributed by atoms with Gasteiger partial charge in [0.25, 0.3) is 10.2 Å². The molecule has 18 heavy (non-hydrogen) atoms. The lowest BCUT2D eigenvalue weighted by atomic mass is 9.96. The van der Waals surface area contributed by atoms with Gasteiger partial charge in [-0.2, -0.15) is 31.0 Å². The van der Waals surface area contributed by atoms with E-state index in [0.29, 0.717) is 6.54 Å². The number of rotatable bonds is 4. The SMILES string of the molecule is CC1CCNCC1NS(=O)(=O)NCC(F)(F)F.Cl. The van der Waals surface area contributed by atoms with Gasteiger partial charge in [-0.3, -0.25) is 0 Å². The van der Waals surface area contributed by atoms with E-state index in [9.17, 15) is 21.6 Å². The van der Waals surface area contributed by atoms with Crippen molar-refractivity contribution in [1.82, 2.24) is 14.8 Å². The molecule has 0 aromatic heterocycles. The highest BCUT2D eigenvalue weighted by Gasteiger charge is 2.31. The van der Waals surface area contributed by atoms with Crippen molar-refractivity contribution in [2.45, 2.75) is 25.6 Å². The molecule has 2 atom stereocenters. The van der Waals surface area contributed by atoms with Crippen LogP contribution in [0.15, 0.2) is 0 Å². The smallest absolute Gasteiger partial charge is 0.315 e. The van der Waals surface area contributed by atoms with E-state index in [4.69, 9.17) is 0 Å². The van der Waals surface area contributed by atoms with Crippen molar-refractivity contribution in [3.05, 3.63) is 0 Å². The van der Waals surface area contributed by atoms with E-state index in [0.717, 1.165) is 13.0 Å². The fraction of sp³-hybridized carbons (Fsp3) is 1.00. The highest BCUT2D eigenvalue weighted by molar-refractivity contribution is 7.87. The van der Waals surface area contributed by atoms with Crippen LogP contribution in [-0.4, -0.2) is 40.3 Å². The maximum absolute atomic E-state index is 11.9. The Morgan fingerprint density at radius 2 is 2.00 bits per heavy atom. The van der Waals surface area contributed by atoms with E-state index in [2.05, 4.69) is 10.0 Å². The van der Waals surface area contributed by atoms with Gasteiger partial charge >= 0.3 is 6.18 Å². The minimum Gasteiger partial charge on any atom is -0.315 e. The van der Waals surface area contributed by atoms with Crippen LogP contribution in [0.25, 0.3) is 0 Å². The van der Waals surface area contributed by atoms with Crippen molar-refractivity contribution < 1.29 is 21.6 Å². The summed E-state index contributed by atoms with van der Waals surface area (Å²) in [6, 6.07) is -0.380. The molecule has 5 nitrogen and oxygen atoms in total. The molecule has 0 aromatic carbocycles. The molecule has 0 radical (unpaired) electrons. The van der Waals surface area contributed by atoms with Gasteiger partial charge in [0, 0.05) is 12.6 Å². The van der Waals surface area contributed by atoms with Crippen LogP contribution in [0, 0.1) is 5.92 Å². The third-order valence-electron chi connectivity index (χ3n) is 2.60. The third-order valence-corrected chi connectivity index (χ3v) is 3.73. The molecule has 1 saturated heterocycles. The topological polar surface area (TPSA) is 70.2 Å². The molecule has 1 fully saturated rings. The van der Waals surface area contributed by atoms with Gasteiger partial charge in [0.05, 0.1) is 0 Å². The summed E-state index contributed by atoms with van der Waals surface area (Å²) in [5, 5.41) is 2.98. The van der Waals surface area contributed by atoms with Crippen LogP contribution in [0.1, 0.15) is 13.3 Å². The van der Waals surface area contributed by atoms with Gasteiger partial charge in [-0.25, -0.2) is 0 Å². The van der Waals surface area contributed by atoms with Crippen molar-refractivity contribution in [2.24, 2.45) is 5.92 Å². The predicted octanol–water partition coefficient (Wildman–Crippen LogP) is 0.392. The summed E-state index contributed by atoms with van der Waals surface area (Å²) in [6.45, 7) is 1.51. The van der Waals surface area contributed by atoms with Gasteiger partial charge < -0.3 is 5.32 Å². The van der Waals surface area contributed by atoms with Gasteiger partial charge in [-0.1, -0.05) is 6.92 Å². The molecular weight excluding hydrogens is 295 g/mol. The Balaban J connectivity index is 0.00000289. The Labute approximate surface area is 110 Å². The number of piperidine rings is 1. The van der Waals surface area contributed by atoms with Crippen LogP contribution in [-0.2, 0) is 10.2 Å². The van der Waals surface area contributed by atoms with Gasteiger partial charge in [0.1, 0.15) is 6.54 Å². The molecular formula is C8H17ClF3N3O2S. The molecule has 1 rings (SSSR count). The quantitative estimate of drug-likeness (QED) is 0.703. The lowest BCUT2D eigenvalue weighted by Crippen LogP contribution is -2.53. The molecule has 0 bridgehead atoms. The monoisotopic (exact) mass is 311 g/mol. The maximum atomic E-state index is 11.9. The minimum atomic E-state index is -4.55. The maximum Gasteiger partial charge on any atom is 0.402 e. The molecule has 2 unspecified atom stereocenters. The first-order valence-corrected chi connectivity index (χ1v) is 6.72. The Morgan fingerprint density at radius 1 is 1.39 bits per heavy atom. The molecule has 0 saturated carbocycles. The molecule has 3 N–H and O–H groups in total. The van der Waals surface area contributed by atoms with Gasteiger partial charge in [0.2, 0.25) is 0 Å². The molecule has 0 aliphatic carbocycles. The molecule has 0 amide bonds. The van der Waals surface area contributed by atoms with Crippen LogP contribution in [0.2, 0.25) is 0 Å². The van der Waals surface area contributed by atoms with E-state index in [1.54, 1.807) is 0 Å². The molecule has 110 valence electrons. The number of halogens is 4. The number of nitrogens with one attached hydrogen (secondary N) is 3. The average Bonchev–Trinajstić information content (AvgIpc) is 2.18. The Kier molecular flexibility index (Phi) is 6.86. The normalized spacial score (nSPS) is 25.6. The summed E-state index contributed by atoms with van der Waals surface area (Å²) >= 11 is 0. The van der Waals surface area contributed by atoms with E-state index in [1.165, 1.54) is 4.72 Å². The summed E-state index contributed by atoms with van der Waals surface area (Å²) < 4.78 is 62.0. The zero-order chi connectivity index (χ0) is 13.1. The average molecular weight is 312 g/mol. The van der Waals surface area contributed by atoms with Gasteiger partial charge in [-0.15, -0.1) is 12.4 Å². The summed E-state index contributed by atoms with van der Waals surface area (Å²) in [6.07, 6.45) is -3.77. The number of hydrogen-bond acceptors (Lipinski definition) is 3. The first-order chi connectivity index (χ1) is 7.70. The van der Waals surface area contributed by atoms with Crippen molar-refractivity contribution in [3.8, 4) is 0 Å². The van der Waals surface area contributed by atoms with Crippen molar-refractivity contribution in [3.63, 3.8) is 0 Å². The predicted molar refractivity (Wildman–Crippen MR) is 63.8 cm³/mol. The van der Waals surface area contributed by atoms with Gasteiger partial charge in [-0.05, 0) is 18.9 Å². The van der Waals surface area contributed by atoms with Crippen LogP contribution < -0.4 is 14.8 Å². The standard InChI is InChI=1S/C8H16F3N3O2S.ClH/c1-6-2-3-12-4-7(6)14-17(15,16)13-5-8(9,10)11;/h6-7,12-14H,2-5H2,1H3;1H. The second-order valence-electron chi connectivity index (χ2n) is 4.13. The second-order valence-corrected chi connectivity index (χ2v) is 5.67. The zero-order valence-corrected chi connectivity index (χ0v) is 11.4. The fourth-order valence-electron chi connectivity index (χ4n) is 1.57. The van der Waals surface area contributed by atoms with Crippen LogP contribution in [0.5, 0.6) is 0 Å². The highest BCUT2D eigenvalue weighted by Crippen LogP contribution is 2.14. The summed E-state index contributed by atoms with van der Waals surface area (Å²) in [5.41, 5.74) is 0. The largest absolute Gasteiger partial charge is 0.402 e. The Hall–Kier alpha value is -0.0900. The highest BCUT2D eigenvalue weighted by atomic mass is 35.5. The molecule has 0 aromatic rings. The molecule has 0 spiro atoms. The lowest BCUT2D eigenvalue weighted by molar-refractivity contribution is -0.121. The van der Waals surface area contributed by atoms with Crippen molar-refractivity contribution >= 4 is 22.6 Å². The van der Waals surface area contributed by atoms with Crippen LogP contribution >= 0.6 is 12.4 Å². The minimum absolute atomic E-state index is 0. The summed E-state index contributed by atoms with van der Waals surface area (Å²) in [7, 11) is -4.11. The van der Waals surface area contributed by atoms with E-state index in [1.807, 2.05) is 6.92 Å². The number of alkyl halides is 3. The number of hydrogen-bond donors (Lipinski definition) is 3. The lowest BCUT2D eigenvalue weighted by Gasteiger charge is -2.29. The van der Waals surface area contributed by atoms with E-state index < -0.39 is 22.9 Å².